The molecule has 1 aliphatic rings. The summed E-state index contributed by atoms with van der Waals surface area (Å²) in [5, 5.41) is 8.02. The average molecular weight is 284 g/mol. The van der Waals surface area contributed by atoms with E-state index in [0.29, 0.717) is 18.0 Å². The van der Waals surface area contributed by atoms with E-state index in [1.807, 2.05) is 4.68 Å². The topological polar surface area (TPSA) is 42.7 Å². The summed E-state index contributed by atoms with van der Waals surface area (Å²) in [7, 11) is 0. The third kappa shape index (κ3) is 2.72. The van der Waals surface area contributed by atoms with Crippen molar-refractivity contribution >= 4 is 0 Å². The number of hydrogen-bond acceptors (Lipinski definition) is 3. The van der Waals surface area contributed by atoms with Crippen LogP contribution in [0.1, 0.15) is 49.8 Å². The summed E-state index contributed by atoms with van der Waals surface area (Å²) in [5.74, 6) is 1.66. The Labute approximate surface area is 126 Å². The van der Waals surface area contributed by atoms with Gasteiger partial charge < -0.3 is 5.32 Å². The van der Waals surface area contributed by atoms with Crippen molar-refractivity contribution in [3.8, 4) is 0 Å². The van der Waals surface area contributed by atoms with Crippen molar-refractivity contribution in [2.24, 2.45) is 5.92 Å². The molecule has 0 amide bonds. The molecule has 21 heavy (non-hydrogen) atoms. The van der Waals surface area contributed by atoms with Gasteiger partial charge in [-0.2, -0.15) is 5.10 Å². The maximum Gasteiger partial charge on any atom is 0.138 e. The minimum Gasteiger partial charge on any atom is -0.310 e. The van der Waals surface area contributed by atoms with Crippen LogP contribution in [-0.2, 0) is 12.8 Å². The van der Waals surface area contributed by atoms with Gasteiger partial charge in [0, 0.05) is 18.5 Å². The first-order valence-electron chi connectivity index (χ1n) is 7.90. The molecular weight excluding hydrogens is 260 g/mol. The molecule has 2 atom stereocenters. The fraction of sp³-hybridized carbons (Fsp3) is 0.529. The average Bonchev–Trinajstić information content (AvgIpc) is 3.05. The Morgan fingerprint density at radius 2 is 2.14 bits per heavy atom. The Kier molecular flexibility index (Phi) is 4.06. The van der Waals surface area contributed by atoms with E-state index in [9.17, 15) is 0 Å². The van der Waals surface area contributed by atoms with Gasteiger partial charge in [0.05, 0.1) is 0 Å². The maximum absolute atomic E-state index is 4.48. The lowest BCUT2D eigenvalue weighted by Gasteiger charge is -2.21. The van der Waals surface area contributed by atoms with Crippen LogP contribution < -0.4 is 5.32 Å². The lowest BCUT2D eigenvalue weighted by Crippen LogP contribution is -2.27. The third-order valence-electron chi connectivity index (χ3n) is 4.35. The highest BCUT2D eigenvalue weighted by Crippen LogP contribution is 2.37. The van der Waals surface area contributed by atoms with Crippen molar-refractivity contribution < 1.29 is 0 Å². The third-order valence-corrected chi connectivity index (χ3v) is 4.35. The minimum atomic E-state index is 0.365. The second-order valence-electron chi connectivity index (χ2n) is 6.12. The zero-order chi connectivity index (χ0) is 14.8. The normalized spacial score (nSPS) is 21.0. The summed E-state index contributed by atoms with van der Waals surface area (Å²) >= 11 is 0. The molecule has 0 aliphatic heterocycles. The number of aromatic nitrogens is 3. The van der Waals surface area contributed by atoms with E-state index in [2.05, 4.69) is 60.4 Å². The number of fused-ring (bicyclic) bond motifs is 1. The fourth-order valence-corrected chi connectivity index (χ4v) is 3.45. The number of rotatable bonds is 5. The first kappa shape index (κ1) is 14.3. The maximum atomic E-state index is 4.48. The molecule has 1 aromatic carbocycles. The molecule has 0 saturated carbocycles. The van der Waals surface area contributed by atoms with E-state index in [0.717, 1.165) is 25.2 Å². The van der Waals surface area contributed by atoms with Gasteiger partial charge in [-0.05, 0) is 43.9 Å². The molecule has 2 unspecified atom stereocenters. The highest BCUT2D eigenvalue weighted by Gasteiger charge is 2.32. The lowest BCUT2D eigenvalue weighted by atomic mass is 9.96. The summed E-state index contributed by atoms with van der Waals surface area (Å²) in [6.07, 6.45) is 3.78. The van der Waals surface area contributed by atoms with E-state index >= 15 is 0 Å². The molecule has 0 spiro atoms. The molecular formula is C17H24N4. The second kappa shape index (κ2) is 5.98. The Balaban J connectivity index is 1.84. The van der Waals surface area contributed by atoms with Crippen LogP contribution in [0.3, 0.4) is 0 Å². The van der Waals surface area contributed by atoms with Crippen LogP contribution >= 0.6 is 0 Å². The Morgan fingerprint density at radius 1 is 1.33 bits per heavy atom. The van der Waals surface area contributed by atoms with Gasteiger partial charge in [0.15, 0.2) is 0 Å². The molecule has 4 heteroatoms. The van der Waals surface area contributed by atoms with Crippen molar-refractivity contribution in [1.29, 1.82) is 0 Å². The predicted molar refractivity (Wildman–Crippen MR) is 84.2 cm³/mol. The van der Waals surface area contributed by atoms with Gasteiger partial charge in [0.2, 0.25) is 0 Å². The SMILES string of the molecule is CCNC1c2ccccc2CC1Cc1ncnn1C(C)C. The van der Waals surface area contributed by atoms with Gasteiger partial charge in [-0.1, -0.05) is 31.2 Å². The minimum absolute atomic E-state index is 0.365. The number of nitrogens with zero attached hydrogens (tertiary/aromatic N) is 3. The molecule has 3 rings (SSSR count). The highest BCUT2D eigenvalue weighted by atomic mass is 15.3. The standard InChI is InChI=1S/C17H24N4/c1-4-18-17-14(9-13-7-5-6-8-15(13)17)10-16-19-11-20-21(16)12(2)3/h5-8,11-12,14,17-18H,4,9-10H2,1-3H3. The number of nitrogens with one attached hydrogen (secondary N) is 1. The van der Waals surface area contributed by atoms with Gasteiger partial charge in [-0.15, -0.1) is 0 Å². The Morgan fingerprint density at radius 3 is 2.90 bits per heavy atom. The van der Waals surface area contributed by atoms with Crippen LogP contribution in [0.4, 0.5) is 0 Å². The zero-order valence-electron chi connectivity index (χ0n) is 13.1. The first-order valence-corrected chi connectivity index (χ1v) is 7.90. The second-order valence-corrected chi connectivity index (χ2v) is 6.12. The molecule has 0 fully saturated rings. The van der Waals surface area contributed by atoms with Crippen molar-refractivity contribution in [2.75, 3.05) is 6.54 Å². The first-order chi connectivity index (χ1) is 10.2. The Bertz CT molecular complexity index is 602. The Hall–Kier alpha value is -1.68. The van der Waals surface area contributed by atoms with Crippen LogP contribution in [0, 0.1) is 5.92 Å². The van der Waals surface area contributed by atoms with Crippen LogP contribution in [0.15, 0.2) is 30.6 Å². The van der Waals surface area contributed by atoms with E-state index in [4.69, 9.17) is 0 Å². The number of benzene rings is 1. The highest BCUT2D eigenvalue weighted by molar-refractivity contribution is 5.36. The summed E-state index contributed by atoms with van der Waals surface area (Å²) in [6.45, 7) is 7.48. The molecule has 0 radical (unpaired) electrons. The monoisotopic (exact) mass is 284 g/mol. The lowest BCUT2D eigenvalue weighted by molar-refractivity contribution is 0.373. The van der Waals surface area contributed by atoms with Crippen LogP contribution in [0.2, 0.25) is 0 Å². The van der Waals surface area contributed by atoms with Gasteiger partial charge in [0.1, 0.15) is 12.2 Å². The van der Waals surface area contributed by atoms with Gasteiger partial charge in [-0.3, -0.25) is 0 Å². The van der Waals surface area contributed by atoms with Crippen LogP contribution in [0.25, 0.3) is 0 Å². The van der Waals surface area contributed by atoms with E-state index < -0.39 is 0 Å². The molecule has 1 aliphatic carbocycles. The fourth-order valence-electron chi connectivity index (χ4n) is 3.45. The summed E-state index contributed by atoms with van der Waals surface area (Å²) < 4.78 is 2.05. The van der Waals surface area contributed by atoms with Crippen molar-refractivity contribution in [2.45, 2.75) is 45.7 Å². The predicted octanol–water partition coefficient (Wildman–Crippen LogP) is 2.92. The van der Waals surface area contributed by atoms with E-state index in [1.54, 1.807) is 6.33 Å². The van der Waals surface area contributed by atoms with Crippen LogP contribution in [0.5, 0.6) is 0 Å². The summed E-state index contributed by atoms with van der Waals surface area (Å²) in [5.41, 5.74) is 2.93. The molecule has 4 nitrogen and oxygen atoms in total. The van der Waals surface area contributed by atoms with E-state index in [1.165, 1.54) is 11.1 Å². The zero-order valence-corrected chi connectivity index (χ0v) is 13.1. The van der Waals surface area contributed by atoms with Gasteiger partial charge >= 0.3 is 0 Å². The molecule has 1 N–H and O–H groups in total. The molecule has 112 valence electrons. The largest absolute Gasteiger partial charge is 0.310 e. The summed E-state index contributed by atoms with van der Waals surface area (Å²) in [4.78, 5) is 4.48. The molecule has 0 bridgehead atoms. The van der Waals surface area contributed by atoms with Crippen molar-refractivity contribution in [3.63, 3.8) is 0 Å². The quantitative estimate of drug-likeness (QED) is 0.918. The smallest absolute Gasteiger partial charge is 0.138 e. The van der Waals surface area contributed by atoms with Gasteiger partial charge in [0.25, 0.3) is 0 Å². The molecule has 0 saturated heterocycles. The van der Waals surface area contributed by atoms with Crippen molar-refractivity contribution in [3.05, 3.63) is 47.5 Å². The van der Waals surface area contributed by atoms with E-state index in [-0.39, 0.29) is 0 Å². The molecule has 1 aromatic heterocycles. The summed E-state index contributed by atoms with van der Waals surface area (Å²) in [6, 6.07) is 9.60. The molecule has 2 aromatic rings. The number of hydrogen-bond donors (Lipinski definition) is 1. The molecule has 1 heterocycles. The van der Waals surface area contributed by atoms with Crippen LogP contribution in [-0.4, -0.2) is 21.3 Å². The van der Waals surface area contributed by atoms with Crippen molar-refractivity contribution in [1.82, 2.24) is 20.1 Å². The van der Waals surface area contributed by atoms with Gasteiger partial charge in [-0.25, -0.2) is 9.67 Å².